The van der Waals surface area contributed by atoms with Crippen molar-refractivity contribution < 1.29 is 8.42 Å². The Labute approximate surface area is 84.6 Å². The molecular weight excluding hydrogens is 200 g/mol. The predicted molar refractivity (Wildman–Crippen MR) is 51.9 cm³/mol. The van der Waals surface area contributed by atoms with Crippen LogP contribution < -0.4 is 0 Å². The Balaban J connectivity index is 2.19. The lowest BCUT2D eigenvalue weighted by molar-refractivity contribution is 0.312. The quantitative estimate of drug-likeness (QED) is 0.646. The summed E-state index contributed by atoms with van der Waals surface area (Å²) in [7, 11) is -3.03. The van der Waals surface area contributed by atoms with Gasteiger partial charge in [0.2, 0.25) is 10.0 Å². The van der Waals surface area contributed by atoms with Crippen molar-refractivity contribution >= 4 is 10.0 Å². The molecule has 2 aliphatic rings. The van der Waals surface area contributed by atoms with Crippen LogP contribution in [0.5, 0.6) is 0 Å². The van der Waals surface area contributed by atoms with Crippen LogP contribution in [0.4, 0.5) is 0 Å². The van der Waals surface area contributed by atoms with Crippen LogP contribution in [0.15, 0.2) is 0 Å². The second kappa shape index (κ2) is 3.52. The third-order valence-electron chi connectivity index (χ3n) is 3.15. The number of hydrogen-bond acceptors (Lipinski definition) is 3. The topological polar surface area (TPSA) is 61.2 Å². The highest BCUT2D eigenvalue weighted by molar-refractivity contribution is 7.89. The first-order chi connectivity index (χ1) is 6.65. The first kappa shape index (κ1) is 9.94. The van der Waals surface area contributed by atoms with Gasteiger partial charge in [-0.15, -0.1) is 0 Å². The number of nitriles is 1. The second-order valence-electron chi connectivity index (χ2n) is 4.01. The zero-order valence-electron chi connectivity index (χ0n) is 8.02. The van der Waals surface area contributed by atoms with Gasteiger partial charge in [0.25, 0.3) is 0 Å². The minimum atomic E-state index is -3.03. The van der Waals surface area contributed by atoms with Gasteiger partial charge in [0.15, 0.2) is 0 Å². The molecule has 2 unspecified atom stereocenters. The van der Waals surface area contributed by atoms with Crippen LogP contribution >= 0.6 is 0 Å². The van der Waals surface area contributed by atoms with E-state index in [-0.39, 0.29) is 17.7 Å². The van der Waals surface area contributed by atoms with Gasteiger partial charge in [0.05, 0.1) is 17.7 Å². The summed E-state index contributed by atoms with van der Waals surface area (Å²) in [4.78, 5) is 0. The Morgan fingerprint density at radius 3 is 2.64 bits per heavy atom. The molecule has 1 aliphatic heterocycles. The second-order valence-corrected chi connectivity index (χ2v) is 6.06. The molecule has 1 saturated heterocycles. The van der Waals surface area contributed by atoms with E-state index in [4.69, 9.17) is 5.26 Å². The van der Waals surface area contributed by atoms with Crippen LogP contribution in [-0.2, 0) is 10.0 Å². The first-order valence-corrected chi connectivity index (χ1v) is 6.65. The molecule has 0 aromatic carbocycles. The maximum atomic E-state index is 11.6. The average molecular weight is 214 g/mol. The number of rotatable bonds is 1. The van der Waals surface area contributed by atoms with E-state index < -0.39 is 10.0 Å². The lowest BCUT2D eigenvalue weighted by Gasteiger charge is -2.24. The van der Waals surface area contributed by atoms with Crippen molar-refractivity contribution in [3.8, 4) is 6.07 Å². The molecule has 78 valence electrons. The molecule has 2 rings (SSSR count). The summed E-state index contributed by atoms with van der Waals surface area (Å²) < 4.78 is 24.8. The maximum absolute atomic E-state index is 11.6. The predicted octanol–water partition coefficient (Wildman–Crippen LogP) is 0.714. The SMILES string of the molecule is N#CC1CCCC1N1CCCS1(=O)=O. The van der Waals surface area contributed by atoms with E-state index in [1.54, 1.807) is 4.31 Å². The third-order valence-corrected chi connectivity index (χ3v) is 5.13. The minimum Gasteiger partial charge on any atom is -0.212 e. The van der Waals surface area contributed by atoms with Crippen molar-refractivity contribution in [2.24, 2.45) is 5.92 Å². The molecule has 1 saturated carbocycles. The van der Waals surface area contributed by atoms with E-state index in [0.29, 0.717) is 6.54 Å². The van der Waals surface area contributed by atoms with Gasteiger partial charge in [-0.05, 0) is 19.3 Å². The Morgan fingerprint density at radius 2 is 2.07 bits per heavy atom. The van der Waals surface area contributed by atoms with Crippen LogP contribution in [0, 0.1) is 17.2 Å². The minimum absolute atomic E-state index is 0.0347. The van der Waals surface area contributed by atoms with Gasteiger partial charge in [-0.3, -0.25) is 0 Å². The van der Waals surface area contributed by atoms with Gasteiger partial charge in [0.1, 0.15) is 0 Å². The normalized spacial score (nSPS) is 37.1. The number of hydrogen-bond donors (Lipinski definition) is 0. The van der Waals surface area contributed by atoms with Crippen molar-refractivity contribution in [3.05, 3.63) is 0 Å². The molecule has 0 bridgehead atoms. The van der Waals surface area contributed by atoms with Gasteiger partial charge in [0, 0.05) is 12.6 Å². The monoisotopic (exact) mass is 214 g/mol. The van der Waals surface area contributed by atoms with Crippen molar-refractivity contribution in [2.75, 3.05) is 12.3 Å². The molecule has 2 atom stereocenters. The van der Waals surface area contributed by atoms with Crippen molar-refractivity contribution in [3.63, 3.8) is 0 Å². The molecule has 2 fully saturated rings. The van der Waals surface area contributed by atoms with E-state index in [0.717, 1.165) is 25.7 Å². The molecule has 1 heterocycles. The number of sulfonamides is 1. The fourth-order valence-electron chi connectivity index (χ4n) is 2.47. The van der Waals surface area contributed by atoms with Gasteiger partial charge in [-0.2, -0.15) is 9.57 Å². The molecule has 1 aliphatic carbocycles. The summed E-state index contributed by atoms with van der Waals surface area (Å²) in [6, 6.07) is 2.19. The van der Waals surface area contributed by atoms with Crippen molar-refractivity contribution in [1.29, 1.82) is 5.26 Å². The van der Waals surface area contributed by atoms with E-state index >= 15 is 0 Å². The van der Waals surface area contributed by atoms with Crippen LogP contribution in [0.2, 0.25) is 0 Å². The van der Waals surface area contributed by atoms with Crippen LogP contribution in [0.1, 0.15) is 25.7 Å². The molecule has 0 aromatic rings. The lowest BCUT2D eigenvalue weighted by Crippen LogP contribution is -2.38. The van der Waals surface area contributed by atoms with Crippen molar-refractivity contribution in [2.45, 2.75) is 31.7 Å². The molecule has 0 amide bonds. The Bertz CT molecular complexity index is 357. The smallest absolute Gasteiger partial charge is 0.212 e. The van der Waals surface area contributed by atoms with Gasteiger partial charge >= 0.3 is 0 Å². The summed E-state index contributed by atoms with van der Waals surface area (Å²) in [6.45, 7) is 0.616. The van der Waals surface area contributed by atoms with Gasteiger partial charge < -0.3 is 0 Å². The zero-order chi connectivity index (χ0) is 10.2. The molecule has 14 heavy (non-hydrogen) atoms. The van der Waals surface area contributed by atoms with Crippen LogP contribution in [-0.4, -0.2) is 31.1 Å². The first-order valence-electron chi connectivity index (χ1n) is 5.04. The van der Waals surface area contributed by atoms with E-state index in [1.165, 1.54) is 0 Å². The molecule has 0 aromatic heterocycles. The van der Waals surface area contributed by atoms with Crippen LogP contribution in [0.25, 0.3) is 0 Å². The van der Waals surface area contributed by atoms with E-state index in [1.807, 2.05) is 0 Å². The largest absolute Gasteiger partial charge is 0.214 e. The lowest BCUT2D eigenvalue weighted by atomic mass is 10.1. The van der Waals surface area contributed by atoms with Crippen molar-refractivity contribution in [1.82, 2.24) is 4.31 Å². The van der Waals surface area contributed by atoms with Gasteiger partial charge in [-0.1, -0.05) is 6.42 Å². The molecular formula is C9H14N2O2S. The highest BCUT2D eigenvalue weighted by Gasteiger charge is 2.40. The van der Waals surface area contributed by atoms with Crippen LogP contribution in [0.3, 0.4) is 0 Å². The molecule has 0 radical (unpaired) electrons. The zero-order valence-corrected chi connectivity index (χ0v) is 8.83. The van der Waals surface area contributed by atoms with Gasteiger partial charge in [-0.25, -0.2) is 8.42 Å². The summed E-state index contributed by atoms with van der Waals surface area (Å²) in [5.41, 5.74) is 0. The highest BCUT2D eigenvalue weighted by atomic mass is 32.2. The summed E-state index contributed by atoms with van der Waals surface area (Å²) >= 11 is 0. The molecule has 4 nitrogen and oxygen atoms in total. The summed E-state index contributed by atoms with van der Waals surface area (Å²) in [5.74, 6) is 0.185. The standard InChI is InChI=1S/C9H14N2O2S/c10-7-8-3-1-4-9(8)11-5-2-6-14(11,12)13/h8-9H,1-6H2. The molecule has 5 heteroatoms. The number of nitrogens with zero attached hydrogens (tertiary/aromatic N) is 2. The van der Waals surface area contributed by atoms with E-state index in [9.17, 15) is 8.42 Å². The Morgan fingerprint density at radius 1 is 1.29 bits per heavy atom. The fourth-order valence-corrected chi connectivity index (χ4v) is 4.27. The average Bonchev–Trinajstić information content (AvgIpc) is 2.69. The molecule has 0 N–H and O–H groups in total. The molecule has 0 spiro atoms. The summed E-state index contributed by atoms with van der Waals surface area (Å²) in [6.07, 6.45) is 3.41. The third kappa shape index (κ3) is 1.53. The highest BCUT2D eigenvalue weighted by Crippen LogP contribution is 2.33. The Hall–Kier alpha value is -0.600. The van der Waals surface area contributed by atoms with E-state index in [2.05, 4.69) is 6.07 Å². The Kier molecular flexibility index (Phi) is 2.50. The maximum Gasteiger partial charge on any atom is 0.214 e. The summed E-state index contributed by atoms with van der Waals surface area (Å²) in [5, 5.41) is 8.90. The fraction of sp³-hybridized carbons (Fsp3) is 0.889.